The summed E-state index contributed by atoms with van der Waals surface area (Å²) < 4.78 is 27.1. The molecule has 0 bridgehead atoms. The zero-order valence-electron chi connectivity index (χ0n) is 11.8. The number of halogens is 3. The highest BCUT2D eigenvalue weighted by Gasteiger charge is 2.39. The van der Waals surface area contributed by atoms with Gasteiger partial charge in [-0.2, -0.15) is 8.78 Å². The van der Waals surface area contributed by atoms with Crippen molar-refractivity contribution in [2.24, 2.45) is 5.92 Å². The van der Waals surface area contributed by atoms with Crippen LogP contribution < -0.4 is 5.32 Å². The quantitative estimate of drug-likeness (QED) is 0.816. The highest BCUT2D eigenvalue weighted by Crippen LogP contribution is 2.44. The molecule has 0 radical (unpaired) electrons. The molecule has 3 rings (SSSR count). The summed E-state index contributed by atoms with van der Waals surface area (Å²) in [7, 11) is 0. The summed E-state index contributed by atoms with van der Waals surface area (Å²) in [6, 6.07) is 9.63. The second-order valence-corrected chi connectivity index (χ2v) is 5.98. The van der Waals surface area contributed by atoms with Gasteiger partial charge in [0.2, 0.25) is 0 Å². The van der Waals surface area contributed by atoms with Crippen LogP contribution in [0, 0.1) is 5.92 Å². The van der Waals surface area contributed by atoms with Crippen LogP contribution >= 0.6 is 11.6 Å². The molecule has 1 aliphatic rings. The molecule has 1 saturated carbocycles. The van der Waals surface area contributed by atoms with E-state index in [-0.39, 0.29) is 6.04 Å². The van der Waals surface area contributed by atoms with Crippen molar-refractivity contribution >= 4 is 11.6 Å². The first-order chi connectivity index (χ1) is 10.6. The van der Waals surface area contributed by atoms with Crippen LogP contribution in [0.4, 0.5) is 8.78 Å². The van der Waals surface area contributed by atoms with Crippen LogP contribution in [0.1, 0.15) is 35.7 Å². The minimum atomic E-state index is -3.49. The number of rotatable bonds is 6. The molecule has 1 fully saturated rings. The second-order valence-electron chi connectivity index (χ2n) is 5.51. The summed E-state index contributed by atoms with van der Waals surface area (Å²) in [6.45, 7) is 0.601. The first-order valence-electron chi connectivity index (χ1n) is 7.20. The third-order valence-corrected chi connectivity index (χ3v) is 3.99. The molecular formula is C16H16ClF2N3. The maximum absolute atomic E-state index is 13.6. The smallest absolute Gasteiger partial charge is 0.305 e. The Hall–Kier alpha value is -1.59. The van der Waals surface area contributed by atoms with E-state index in [4.69, 9.17) is 11.6 Å². The Morgan fingerprint density at radius 3 is 2.64 bits per heavy atom. The number of nitrogens with zero attached hydrogens (tertiary/aromatic N) is 2. The minimum absolute atomic E-state index is 0.207. The molecule has 6 heteroatoms. The third kappa shape index (κ3) is 3.59. The molecule has 1 aliphatic carbocycles. The van der Waals surface area contributed by atoms with Crippen molar-refractivity contribution in [3.05, 3.63) is 59.7 Å². The molecule has 1 heterocycles. The number of hydrogen-bond donors (Lipinski definition) is 1. The zero-order valence-corrected chi connectivity index (χ0v) is 12.6. The lowest BCUT2D eigenvalue weighted by molar-refractivity contribution is 0.0875. The van der Waals surface area contributed by atoms with Crippen molar-refractivity contribution < 1.29 is 8.78 Å². The van der Waals surface area contributed by atoms with Gasteiger partial charge in [-0.25, -0.2) is 9.97 Å². The van der Waals surface area contributed by atoms with Gasteiger partial charge >= 0.3 is 5.38 Å². The van der Waals surface area contributed by atoms with Crippen molar-refractivity contribution in [2.75, 3.05) is 0 Å². The van der Waals surface area contributed by atoms with Crippen molar-refractivity contribution in [3.63, 3.8) is 0 Å². The van der Waals surface area contributed by atoms with Crippen molar-refractivity contribution in [1.29, 1.82) is 0 Å². The first-order valence-corrected chi connectivity index (χ1v) is 7.58. The fourth-order valence-electron chi connectivity index (χ4n) is 2.59. The fourth-order valence-corrected chi connectivity index (χ4v) is 2.75. The summed E-state index contributed by atoms with van der Waals surface area (Å²) in [5, 5.41) is -0.131. The molecule has 2 aromatic rings. The van der Waals surface area contributed by atoms with Crippen LogP contribution in [0.5, 0.6) is 0 Å². The van der Waals surface area contributed by atoms with Gasteiger partial charge in [0.25, 0.3) is 0 Å². The summed E-state index contributed by atoms with van der Waals surface area (Å²) in [5.74, 6) is 0.326. The molecular weight excluding hydrogens is 308 g/mol. The van der Waals surface area contributed by atoms with Gasteiger partial charge in [0.05, 0.1) is 0 Å². The Kier molecular flexibility index (Phi) is 4.36. The lowest BCUT2D eigenvalue weighted by Gasteiger charge is -2.22. The van der Waals surface area contributed by atoms with Crippen LogP contribution in [0.25, 0.3) is 0 Å². The maximum Gasteiger partial charge on any atom is 0.365 e. The van der Waals surface area contributed by atoms with E-state index in [1.807, 2.05) is 30.3 Å². The van der Waals surface area contributed by atoms with Crippen molar-refractivity contribution in [2.45, 2.75) is 30.8 Å². The normalized spacial score (nSPS) is 16.5. The Bertz CT molecular complexity index is 627. The zero-order chi connectivity index (χ0) is 15.6. The van der Waals surface area contributed by atoms with Gasteiger partial charge in [-0.3, -0.25) is 0 Å². The van der Waals surface area contributed by atoms with Crippen molar-refractivity contribution in [3.8, 4) is 0 Å². The predicted molar refractivity (Wildman–Crippen MR) is 80.5 cm³/mol. The molecule has 1 aromatic carbocycles. The summed E-state index contributed by atoms with van der Waals surface area (Å²) in [5.41, 5.74) is 1.09. The maximum atomic E-state index is 13.6. The molecule has 0 saturated heterocycles. The number of aromatic nitrogens is 2. The molecule has 0 amide bonds. The molecule has 0 aliphatic heterocycles. The fraction of sp³-hybridized carbons (Fsp3) is 0.375. The third-order valence-electron chi connectivity index (χ3n) is 3.81. The van der Waals surface area contributed by atoms with Gasteiger partial charge < -0.3 is 5.32 Å². The van der Waals surface area contributed by atoms with E-state index in [2.05, 4.69) is 15.3 Å². The van der Waals surface area contributed by atoms with Crippen LogP contribution in [0.15, 0.2) is 42.9 Å². The van der Waals surface area contributed by atoms with E-state index in [1.54, 1.807) is 0 Å². The molecule has 1 atom stereocenters. The number of benzene rings is 1. The van der Waals surface area contributed by atoms with Gasteiger partial charge in [0.1, 0.15) is 12.0 Å². The van der Waals surface area contributed by atoms with Gasteiger partial charge in [0.15, 0.2) is 0 Å². The summed E-state index contributed by atoms with van der Waals surface area (Å²) in [4.78, 5) is 7.60. The standard InChI is InChI=1S/C16H16ClF2N3/c17-16(18,19)15-13(9-20-10-22-15)14(12-6-7-12)21-8-11-4-2-1-3-5-11/h1-5,9-10,12,14,21H,6-8H2. The summed E-state index contributed by atoms with van der Waals surface area (Å²) in [6.07, 6.45) is 4.57. The molecule has 0 spiro atoms. The van der Waals surface area contributed by atoms with E-state index in [0.717, 1.165) is 24.7 Å². The van der Waals surface area contributed by atoms with Gasteiger partial charge in [-0.05, 0) is 35.9 Å². The highest BCUT2D eigenvalue weighted by atomic mass is 35.5. The SMILES string of the molecule is FC(F)(Cl)c1ncncc1C(NCc1ccccc1)C1CC1. The number of alkyl halides is 3. The Labute approximate surface area is 132 Å². The Morgan fingerprint density at radius 1 is 1.27 bits per heavy atom. The first kappa shape index (κ1) is 15.3. The van der Waals surface area contributed by atoms with E-state index in [9.17, 15) is 8.78 Å². The van der Waals surface area contributed by atoms with Crippen LogP contribution in [-0.4, -0.2) is 9.97 Å². The number of nitrogens with one attached hydrogen (secondary N) is 1. The minimum Gasteiger partial charge on any atom is -0.305 e. The summed E-state index contributed by atoms with van der Waals surface area (Å²) >= 11 is 5.20. The van der Waals surface area contributed by atoms with E-state index in [1.165, 1.54) is 6.20 Å². The highest BCUT2D eigenvalue weighted by molar-refractivity contribution is 6.21. The topological polar surface area (TPSA) is 37.8 Å². The predicted octanol–water partition coefficient (Wildman–Crippen LogP) is 4.01. The van der Waals surface area contributed by atoms with E-state index in [0.29, 0.717) is 18.0 Å². The Morgan fingerprint density at radius 2 is 2.00 bits per heavy atom. The lowest BCUT2D eigenvalue weighted by atomic mass is 10.0. The molecule has 22 heavy (non-hydrogen) atoms. The van der Waals surface area contributed by atoms with E-state index < -0.39 is 11.1 Å². The monoisotopic (exact) mass is 323 g/mol. The van der Waals surface area contributed by atoms with Crippen LogP contribution in [0.3, 0.4) is 0 Å². The molecule has 3 nitrogen and oxygen atoms in total. The average Bonchev–Trinajstić information content (AvgIpc) is 3.33. The van der Waals surface area contributed by atoms with E-state index >= 15 is 0 Å². The molecule has 1 unspecified atom stereocenters. The van der Waals surface area contributed by atoms with Crippen LogP contribution in [-0.2, 0) is 11.9 Å². The largest absolute Gasteiger partial charge is 0.365 e. The van der Waals surface area contributed by atoms with Gasteiger partial charge in [-0.15, -0.1) is 0 Å². The molecule has 1 N–H and O–H groups in total. The average molecular weight is 324 g/mol. The van der Waals surface area contributed by atoms with Gasteiger partial charge in [0, 0.05) is 24.3 Å². The van der Waals surface area contributed by atoms with Crippen LogP contribution in [0.2, 0.25) is 0 Å². The van der Waals surface area contributed by atoms with Crippen molar-refractivity contribution in [1.82, 2.24) is 15.3 Å². The molecule has 1 aromatic heterocycles. The second kappa shape index (κ2) is 6.26. The number of hydrogen-bond acceptors (Lipinski definition) is 3. The molecule has 116 valence electrons. The Balaban J connectivity index is 1.83. The lowest BCUT2D eigenvalue weighted by Crippen LogP contribution is -2.26. The van der Waals surface area contributed by atoms with Gasteiger partial charge in [-0.1, -0.05) is 30.3 Å².